The maximum Gasteiger partial charge on any atom is 0.341 e. The third-order valence-electron chi connectivity index (χ3n) is 4.26. The van der Waals surface area contributed by atoms with Gasteiger partial charge in [0.15, 0.2) is 6.10 Å². The van der Waals surface area contributed by atoms with Crippen molar-refractivity contribution < 1.29 is 14.3 Å². The molecule has 1 N–H and O–H groups in total. The van der Waals surface area contributed by atoms with E-state index in [-0.39, 0.29) is 0 Å². The number of para-hydroxylation sites is 1. The normalized spacial score (nSPS) is 12.0. The van der Waals surface area contributed by atoms with Crippen molar-refractivity contribution in [2.75, 3.05) is 5.32 Å². The zero-order chi connectivity index (χ0) is 18.8. The van der Waals surface area contributed by atoms with E-state index in [1.165, 1.54) is 6.92 Å². The number of carbonyl (C=O) groups excluding carboxylic acids is 2. The van der Waals surface area contributed by atoms with Gasteiger partial charge < -0.3 is 10.1 Å². The molecule has 0 aliphatic rings. The molecule has 0 aliphatic carbocycles. The summed E-state index contributed by atoms with van der Waals surface area (Å²) in [6.07, 6.45) is 0.656. The Balaban J connectivity index is 1.75. The number of ether oxygens (including phenoxy) is 1. The van der Waals surface area contributed by atoms with E-state index in [4.69, 9.17) is 4.74 Å². The quantitative estimate of drug-likeness (QED) is 0.730. The number of esters is 1. The van der Waals surface area contributed by atoms with Crippen LogP contribution in [0.5, 0.6) is 0 Å². The van der Waals surface area contributed by atoms with Crippen molar-refractivity contribution in [1.29, 1.82) is 0 Å². The molecule has 0 unspecified atom stereocenters. The second-order valence-electron chi connectivity index (χ2n) is 6.09. The minimum atomic E-state index is -0.958. The molecule has 7 nitrogen and oxygen atoms in total. The molecule has 26 heavy (non-hydrogen) atoms. The number of aryl methyl sites for hydroxylation is 2. The van der Waals surface area contributed by atoms with Crippen LogP contribution in [-0.2, 0) is 16.6 Å². The predicted octanol–water partition coefficient (Wildman–Crippen LogP) is 2.77. The molecule has 0 aliphatic heterocycles. The standard InChI is InChI=1S/C19H20N4O3/c1-11-16(12(2)23(4)22-11)21-18(24)13(3)26-19(25)15-9-5-7-14-8-6-10-20-17(14)15/h5-10,13H,1-4H3,(H,21,24)/t13-/m1/s1. The number of aromatic nitrogens is 3. The van der Waals surface area contributed by atoms with Gasteiger partial charge in [-0.25, -0.2) is 4.79 Å². The Morgan fingerprint density at radius 2 is 1.92 bits per heavy atom. The molecule has 7 heteroatoms. The number of carbonyl (C=O) groups is 2. The summed E-state index contributed by atoms with van der Waals surface area (Å²) >= 11 is 0. The SMILES string of the molecule is Cc1nn(C)c(C)c1NC(=O)[C@@H](C)OC(=O)c1cccc2cccnc12. The van der Waals surface area contributed by atoms with Crippen molar-refractivity contribution in [2.24, 2.45) is 7.05 Å². The third-order valence-corrected chi connectivity index (χ3v) is 4.26. The van der Waals surface area contributed by atoms with Crippen LogP contribution in [0.1, 0.15) is 28.7 Å². The first kappa shape index (κ1) is 17.6. The van der Waals surface area contributed by atoms with E-state index in [1.54, 1.807) is 43.0 Å². The average molecular weight is 352 g/mol. The summed E-state index contributed by atoms with van der Waals surface area (Å²) in [6, 6.07) is 8.92. The van der Waals surface area contributed by atoms with Gasteiger partial charge in [0.1, 0.15) is 0 Å². The molecule has 0 saturated heterocycles. The van der Waals surface area contributed by atoms with Crippen LogP contribution in [0.15, 0.2) is 36.5 Å². The summed E-state index contributed by atoms with van der Waals surface area (Å²) in [5.74, 6) is -0.998. The summed E-state index contributed by atoms with van der Waals surface area (Å²) in [6.45, 7) is 5.20. The zero-order valence-corrected chi connectivity index (χ0v) is 15.1. The van der Waals surface area contributed by atoms with Crippen molar-refractivity contribution in [3.8, 4) is 0 Å². The Labute approximate surface area is 151 Å². The van der Waals surface area contributed by atoms with Gasteiger partial charge in [-0.15, -0.1) is 0 Å². The monoisotopic (exact) mass is 352 g/mol. The number of hydrogen-bond donors (Lipinski definition) is 1. The Bertz CT molecular complexity index is 988. The summed E-state index contributed by atoms with van der Waals surface area (Å²) in [4.78, 5) is 29.2. The summed E-state index contributed by atoms with van der Waals surface area (Å²) in [5.41, 5.74) is 3.04. The van der Waals surface area contributed by atoms with E-state index in [0.717, 1.165) is 11.1 Å². The van der Waals surface area contributed by atoms with Gasteiger partial charge in [0, 0.05) is 18.6 Å². The number of amides is 1. The first-order chi connectivity index (χ1) is 12.4. The number of anilines is 1. The van der Waals surface area contributed by atoms with Crippen molar-refractivity contribution >= 4 is 28.5 Å². The van der Waals surface area contributed by atoms with Crippen molar-refractivity contribution in [3.05, 3.63) is 53.5 Å². The van der Waals surface area contributed by atoms with Gasteiger partial charge in [0.25, 0.3) is 5.91 Å². The molecule has 0 saturated carbocycles. The molecule has 1 atom stereocenters. The molecule has 3 rings (SSSR count). The van der Waals surface area contributed by atoms with Gasteiger partial charge in [0.2, 0.25) is 0 Å². The van der Waals surface area contributed by atoms with Gasteiger partial charge in [-0.05, 0) is 32.9 Å². The number of hydrogen-bond acceptors (Lipinski definition) is 5. The average Bonchev–Trinajstić information content (AvgIpc) is 2.87. The molecule has 2 heterocycles. The highest BCUT2D eigenvalue weighted by molar-refractivity contribution is 6.04. The maximum atomic E-state index is 12.5. The van der Waals surface area contributed by atoms with Gasteiger partial charge in [-0.2, -0.15) is 5.10 Å². The Kier molecular flexibility index (Phi) is 4.71. The molecule has 0 radical (unpaired) electrons. The van der Waals surface area contributed by atoms with E-state index in [0.29, 0.717) is 22.5 Å². The fraction of sp³-hybridized carbons (Fsp3) is 0.263. The lowest BCUT2D eigenvalue weighted by molar-refractivity contribution is -0.123. The van der Waals surface area contributed by atoms with Crippen LogP contribution in [0.4, 0.5) is 5.69 Å². The van der Waals surface area contributed by atoms with Gasteiger partial charge >= 0.3 is 5.97 Å². The Morgan fingerprint density at radius 1 is 1.19 bits per heavy atom. The van der Waals surface area contributed by atoms with E-state index in [2.05, 4.69) is 15.4 Å². The zero-order valence-electron chi connectivity index (χ0n) is 15.1. The molecule has 1 amide bonds. The lowest BCUT2D eigenvalue weighted by atomic mass is 10.1. The smallest absolute Gasteiger partial charge is 0.341 e. The lowest BCUT2D eigenvalue weighted by Crippen LogP contribution is -2.30. The number of rotatable bonds is 4. The minimum absolute atomic E-state index is 0.330. The first-order valence-corrected chi connectivity index (χ1v) is 8.24. The van der Waals surface area contributed by atoms with E-state index in [1.807, 2.05) is 19.1 Å². The lowest BCUT2D eigenvalue weighted by Gasteiger charge is -2.14. The van der Waals surface area contributed by atoms with E-state index >= 15 is 0 Å². The Morgan fingerprint density at radius 3 is 2.62 bits per heavy atom. The molecule has 0 spiro atoms. The highest BCUT2D eigenvalue weighted by Crippen LogP contribution is 2.20. The predicted molar refractivity (Wildman–Crippen MR) is 97.9 cm³/mol. The molecule has 0 fully saturated rings. The molecular weight excluding hydrogens is 332 g/mol. The number of benzene rings is 1. The van der Waals surface area contributed by atoms with Gasteiger partial charge in [-0.1, -0.05) is 18.2 Å². The van der Waals surface area contributed by atoms with Crippen LogP contribution >= 0.6 is 0 Å². The summed E-state index contributed by atoms with van der Waals surface area (Å²) < 4.78 is 7.03. The molecule has 134 valence electrons. The summed E-state index contributed by atoms with van der Waals surface area (Å²) in [7, 11) is 1.80. The van der Waals surface area contributed by atoms with Crippen molar-refractivity contribution in [3.63, 3.8) is 0 Å². The first-order valence-electron chi connectivity index (χ1n) is 8.24. The minimum Gasteiger partial charge on any atom is -0.449 e. The number of nitrogens with zero attached hydrogens (tertiary/aromatic N) is 3. The van der Waals surface area contributed by atoms with Crippen molar-refractivity contribution in [1.82, 2.24) is 14.8 Å². The highest BCUT2D eigenvalue weighted by Gasteiger charge is 2.22. The van der Waals surface area contributed by atoms with Crippen LogP contribution in [-0.4, -0.2) is 32.7 Å². The topological polar surface area (TPSA) is 86.1 Å². The second-order valence-corrected chi connectivity index (χ2v) is 6.09. The van der Waals surface area contributed by atoms with Crippen molar-refractivity contribution in [2.45, 2.75) is 26.9 Å². The Hall–Kier alpha value is -3.22. The maximum absolute atomic E-state index is 12.5. The van der Waals surface area contributed by atoms with Gasteiger partial charge in [0.05, 0.1) is 28.2 Å². The molecule has 3 aromatic rings. The second kappa shape index (κ2) is 6.95. The van der Waals surface area contributed by atoms with Crippen LogP contribution in [0.3, 0.4) is 0 Å². The number of pyridine rings is 1. The molecular formula is C19H20N4O3. The fourth-order valence-electron chi connectivity index (χ4n) is 2.73. The molecule has 0 bridgehead atoms. The van der Waals surface area contributed by atoms with Crippen LogP contribution in [0, 0.1) is 13.8 Å². The largest absolute Gasteiger partial charge is 0.449 e. The number of fused-ring (bicyclic) bond motifs is 1. The van der Waals surface area contributed by atoms with Gasteiger partial charge in [-0.3, -0.25) is 14.5 Å². The van der Waals surface area contributed by atoms with Crippen LogP contribution in [0.25, 0.3) is 10.9 Å². The van der Waals surface area contributed by atoms with Crippen LogP contribution in [0.2, 0.25) is 0 Å². The molecule has 1 aromatic carbocycles. The fourth-order valence-corrected chi connectivity index (χ4v) is 2.73. The highest BCUT2D eigenvalue weighted by atomic mass is 16.5. The van der Waals surface area contributed by atoms with E-state index < -0.39 is 18.0 Å². The summed E-state index contributed by atoms with van der Waals surface area (Å²) in [5, 5.41) is 7.86. The number of nitrogens with one attached hydrogen (secondary N) is 1. The van der Waals surface area contributed by atoms with E-state index in [9.17, 15) is 9.59 Å². The third kappa shape index (κ3) is 3.28. The molecule has 2 aromatic heterocycles. The van der Waals surface area contributed by atoms with Crippen LogP contribution < -0.4 is 5.32 Å².